The van der Waals surface area contributed by atoms with Crippen molar-refractivity contribution in [3.63, 3.8) is 0 Å². The first kappa shape index (κ1) is 28.7. The van der Waals surface area contributed by atoms with Crippen LogP contribution in [0.15, 0.2) is 0 Å². The fraction of sp³-hybridized carbons (Fsp3) is 0.923. The Morgan fingerprint density at radius 2 is 1.38 bits per heavy atom. The van der Waals surface area contributed by atoms with E-state index in [4.69, 9.17) is 4.74 Å². The second kappa shape index (κ2) is 15.5. The van der Waals surface area contributed by atoms with Crippen molar-refractivity contribution in [1.82, 2.24) is 15.1 Å². The molecule has 0 unspecified atom stereocenters. The molecule has 1 heterocycles. The first-order valence-electron chi connectivity index (χ1n) is 13.1. The molecule has 0 radical (unpaired) electrons. The van der Waals surface area contributed by atoms with Gasteiger partial charge in [0, 0.05) is 25.7 Å². The van der Waals surface area contributed by atoms with Crippen LogP contribution in [-0.4, -0.2) is 67.2 Å². The van der Waals surface area contributed by atoms with Crippen LogP contribution in [0.3, 0.4) is 0 Å². The Hall–Kier alpha value is -1.30. The largest absolute Gasteiger partial charge is 0.444 e. The van der Waals surface area contributed by atoms with E-state index in [2.05, 4.69) is 12.2 Å². The van der Waals surface area contributed by atoms with Gasteiger partial charge in [-0.15, -0.1) is 0 Å². The van der Waals surface area contributed by atoms with Crippen LogP contribution in [0, 0.1) is 5.92 Å². The quantitative estimate of drug-likeness (QED) is 0.328. The second-order valence-electron chi connectivity index (χ2n) is 10.7. The van der Waals surface area contributed by atoms with Gasteiger partial charge in [0.1, 0.15) is 5.60 Å². The summed E-state index contributed by atoms with van der Waals surface area (Å²) in [5.74, 6) is -0.160. The molecule has 1 saturated heterocycles. The molecule has 0 aliphatic carbocycles. The summed E-state index contributed by atoms with van der Waals surface area (Å²) in [5.41, 5.74) is -0.528. The third-order valence-electron chi connectivity index (χ3n) is 6.27. The Balaban J connectivity index is 2.19. The summed E-state index contributed by atoms with van der Waals surface area (Å²) >= 11 is 0. The monoisotopic (exact) mass is 453 g/mol. The lowest BCUT2D eigenvalue weighted by Crippen LogP contribution is -2.43. The van der Waals surface area contributed by atoms with Gasteiger partial charge in [0.2, 0.25) is 5.91 Å². The lowest BCUT2D eigenvalue weighted by Gasteiger charge is -2.25. The average Bonchev–Trinajstić information content (AvgIpc) is 3.16. The van der Waals surface area contributed by atoms with Crippen LogP contribution in [0.25, 0.3) is 0 Å². The lowest BCUT2D eigenvalue weighted by atomic mass is 10.0. The first-order valence-corrected chi connectivity index (χ1v) is 13.1. The topological polar surface area (TPSA) is 61.9 Å². The normalized spacial score (nSPS) is 18.9. The summed E-state index contributed by atoms with van der Waals surface area (Å²) in [5, 5.41) is 3.11. The molecule has 1 fully saturated rings. The lowest BCUT2D eigenvalue weighted by molar-refractivity contribution is -0.125. The fourth-order valence-corrected chi connectivity index (χ4v) is 4.35. The van der Waals surface area contributed by atoms with Gasteiger partial charge in [-0.3, -0.25) is 4.79 Å². The molecular formula is C26H51N3O3. The Morgan fingerprint density at radius 1 is 0.875 bits per heavy atom. The van der Waals surface area contributed by atoms with Crippen LogP contribution in [0.4, 0.5) is 4.79 Å². The molecule has 0 saturated carbocycles. The van der Waals surface area contributed by atoms with Gasteiger partial charge in [-0.25, -0.2) is 4.79 Å². The predicted octanol–water partition coefficient (Wildman–Crippen LogP) is 5.60. The summed E-state index contributed by atoms with van der Waals surface area (Å²) in [7, 11) is 3.93. The standard InChI is InChI=1S/C26H51N3O3/c1-7-8-9-10-11-12-13-14-15-16-17-18-19-27-24(30)22-20-29(21-23(22)28(5)6)25(31)32-26(2,3)4/h22-23H,7-21H2,1-6H3,(H,27,30)/t22-,23-/m1/s1. The average molecular weight is 454 g/mol. The van der Waals surface area contributed by atoms with Gasteiger partial charge in [0.05, 0.1) is 5.92 Å². The molecule has 0 spiro atoms. The maximum absolute atomic E-state index is 12.8. The van der Waals surface area contributed by atoms with Crippen molar-refractivity contribution in [2.45, 2.75) is 116 Å². The summed E-state index contributed by atoms with van der Waals surface area (Å²) in [6.07, 6.45) is 15.4. The van der Waals surface area contributed by atoms with Crippen molar-refractivity contribution >= 4 is 12.0 Å². The number of nitrogens with zero attached hydrogens (tertiary/aromatic N) is 2. The third kappa shape index (κ3) is 12.1. The maximum Gasteiger partial charge on any atom is 0.410 e. The van der Waals surface area contributed by atoms with E-state index in [1.807, 2.05) is 39.8 Å². The van der Waals surface area contributed by atoms with Crippen LogP contribution in [0.2, 0.25) is 0 Å². The smallest absolute Gasteiger partial charge is 0.410 e. The van der Waals surface area contributed by atoms with Gasteiger partial charge >= 0.3 is 6.09 Å². The van der Waals surface area contributed by atoms with Gasteiger partial charge < -0.3 is 19.9 Å². The molecule has 0 aromatic heterocycles. The number of carbonyl (C=O) groups is 2. The Morgan fingerprint density at radius 3 is 1.84 bits per heavy atom. The number of amides is 2. The van der Waals surface area contributed by atoms with Crippen molar-refractivity contribution in [2.75, 3.05) is 33.7 Å². The molecule has 0 aromatic rings. The van der Waals surface area contributed by atoms with E-state index in [0.29, 0.717) is 13.1 Å². The van der Waals surface area contributed by atoms with E-state index in [9.17, 15) is 9.59 Å². The Kier molecular flexibility index (Phi) is 13.9. The molecule has 2 amide bonds. The zero-order valence-electron chi connectivity index (χ0n) is 21.9. The minimum absolute atomic E-state index is 0.0180. The SMILES string of the molecule is CCCCCCCCCCCCCCNC(=O)[C@@H]1CN(C(=O)OC(C)(C)C)C[C@H]1N(C)C. The summed E-state index contributed by atoms with van der Waals surface area (Å²) in [6, 6.07) is 0.0180. The van der Waals surface area contributed by atoms with Crippen molar-refractivity contribution in [2.24, 2.45) is 5.92 Å². The summed E-state index contributed by atoms with van der Waals surface area (Å²) < 4.78 is 5.50. The number of carbonyl (C=O) groups excluding carboxylic acids is 2. The van der Waals surface area contributed by atoms with E-state index in [-0.39, 0.29) is 24.0 Å². The fourth-order valence-electron chi connectivity index (χ4n) is 4.35. The van der Waals surface area contributed by atoms with Gasteiger partial charge in [-0.1, -0.05) is 77.6 Å². The van der Waals surface area contributed by atoms with Crippen LogP contribution in [0.5, 0.6) is 0 Å². The number of ether oxygens (including phenoxy) is 1. The highest BCUT2D eigenvalue weighted by atomic mass is 16.6. The van der Waals surface area contributed by atoms with Crippen LogP contribution >= 0.6 is 0 Å². The zero-order valence-corrected chi connectivity index (χ0v) is 21.9. The van der Waals surface area contributed by atoms with E-state index in [1.165, 1.54) is 70.6 Å². The van der Waals surface area contributed by atoms with Gasteiger partial charge in [-0.2, -0.15) is 0 Å². The van der Waals surface area contributed by atoms with Crippen molar-refractivity contribution in [1.29, 1.82) is 0 Å². The number of unbranched alkanes of at least 4 members (excludes halogenated alkanes) is 11. The van der Waals surface area contributed by atoms with E-state index in [1.54, 1.807) is 4.90 Å². The highest BCUT2D eigenvalue weighted by Gasteiger charge is 2.41. The minimum atomic E-state index is -0.528. The molecule has 0 bridgehead atoms. The van der Waals surface area contributed by atoms with E-state index < -0.39 is 5.60 Å². The molecule has 6 nitrogen and oxygen atoms in total. The molecule has 1 rings (SSSR count). The molecule has 2 atom stereocenters. The first-order chi connectivity index (χ1) is 15.2. The number of nitrogens with one attached hydrogen (secondary N) is 1. The molecule has 32 heavy (non-hydrogen) atoms. The molecule has 1 N–H and O–H groups in total. The van der Waals surface area contributed by atoms with E-state index >= 15 is 0 Å². The van der Waals surface area contributed by atoms with Crippen LogP contribution in [-0.2, 0) is 9.53 Å². The highest BCUT2D eigenvalue weighted by Crippen LogP contribution is 2.23. The summed E-state index contributed by atoms with van der Waals surface area (Å²) in [4.78, 5) is 28.9. The number of hydrogen-bond acceptors (Lipinski definition) is 4. The maximum atomic E-state index is 12.8. The Labute approximate surface area is 197 Å². The van der Waals surface area contributed by atoms with Crippen molar-refractivity contribution in [3.8, 4) is 0 Å². The van der Waals surface area contributed by atoms with Crippen LogP contribution < -0.4 is 5.32 Å². The molecular weight excluding hydrogens is 402 g/mol. The second-order valence-corrected chi connectivity index (χ2v) is 10.7. The van der Waals surface area contributed by atoms with Crippen molar-refractivity contribution < 1.29 is 14.3 Å². The molecule has 0 aromatic carbocycles. The number of rotatable bonds is 15. The zero-order chi connectivity index (χ0) is 24.0. The predicted molar refractivity (Wildman–Crippen MR) is 133 cm³/mol. The van der Waals surface area contributed by atoms with E-state index in [0.717, 1.165) is 13.0 Å². The molecule has 1 aliphatic rings. The van der Waals surface area contributed by atoms with Gasteiger partial charge in [-0.05, 0) is 41.3 Å². The minimum Gasteiger partial charge on any atom is -0.444 e. The number of likely N-dealkylation sites (tertiary alicyclic amines) is 1. The van der Waals surface area contributed by atoms with Crippen LogP contribution in [0.1, 0.15) is 105 Å². The number of likely N-dealkylation sites (N-methyl/N-ethyl adjacent to an activating group) is 1. The number of hydrogen-bond donors (Lipinski definition) is 1. The molecule has 6 heteroatoms. The third-order valence-corrected chi connectivity index (χ3v) is 6.27. The van der Waals surface area contributed by atoms with Gasteiger partial charge in [0.25, 0.3) is 0 Å². The highest BCUT2D eigenvalue weighted by molar-refractivity contribution is 5.81. The Bertz CT molecular complexity index is 531. The van der Waals surface area contributed by atoms with Crippen molar-refractivity contribution in [3.05, 3.63) is 0 Å². The van der Waals surface area contributed by atoms with Gasteiger partial charge in [0.15, 0.2) is 0 Å². The summed E-state index contributed by atoms with van der Waals surface area (Å²) in [6.45, 7) is 9.52. The molecule has 1 aliphatic heterocycles. The molecule has 188 valence electrons.